The molecule has 0 radical (unpaired) electrons. The minimum Gasteiger partial charge on any atom is -0.351 e. The third-order valence-electron chi connectivity index (χ3n) is 4.14. The van der Waals surface area contributed by atoms with Crippen LogP contribution in [0, 0.1) is 18.3 Å². The zero-order valence-corrected chi connectivity index (χ0v) is 14.1. The van der Waals surface area contributed by atoms with Crippen LogP contribution in [0.2, 0.25) is 0 Å². The van der Waals surface area contributed by atoms with Gasteiger partial charge in [-0.1, -0.05) is 29.8 Å². The Morgan fingerprint density at radius 2 is 1.96 bits per heavy atom. The number of hydrogen-bond donors (Lipinski definition) is 0. The van der Waals surface area contributed by atoms with E-state index in [2.05, 4.69) is 16.0 Å². The molecule has 1 aliphatic heterocycles. The first-order valence-corrected chi connectivity index (χ1v) is 8.17. The van der Waals surface area contributed by atoms with Crippen LogP contribution >= 0.6 is 0 Å². The number of piperazine rings is 1. The predicted molar refractivity (Wildman–Crippen MR) is 95.8 cm³/mol. The molecule has 2 heterocycles. The van der Waals surface area contributed by atoms with Crippen molar-refractivity contribution in [1.29, 1.82) is 5.26 Å². The Labute approximate surface area is 147 Å². The van der Waals surface area contributed by atoms with E-state index in [0.29, 0.717) is 37.7 Å². The van der Waals surface area contributed by atoms with E-state index in [0.717, 1.165) is 5.56 Å². The Morgan fingerprint density at radius 3 is 2.68 bits per heavy atom. The van der Waals surface area contributed by atoms with Gasteiger partial charge in [0, 0.05) is 44.6 Å². The van der Waals surface area contributed by atoms with Crippen molar-refractivity contribution in [3.63, 3.8) is 0 Å². The molecule has 0 atom stereocenters. The average Bonchev–Trinajstić information content (AvgIpc) is 2.66. The van der Waals surface area contributed by atoms with Crippen molar-refractivity contribution in [3.8, 4) is 6.07 Å². The highest BCUT2D eigenvalue weighted by molar-refractivity contribution is 5.92. The van der Waals surface area contributed by atoms with Gasteiger partial charge in [-0.2, -0.15) is 5.26 Å². The summed E-state index contributed by atoms with van der Waals surface area (Å²) in [6.45, 7) is 4.49. The number of anilines is 1. The van der Waals surface area contributed by atoms with Crippen LogP contribution in [0.25, 0.3) is 6.08 Å². The molecule has 2 aromatic rings. The minimum atomic E-state index is 0.000749. The highest BCUT2D eigenvalue weighted by Crippen LogP contribution is 2.16. The summed E-state index contributed by atoms with van der Waals surface area (Å²) < 4.78 is 0. The van der Waals surface area contributed by atoms with Crippen LogP contribution in [0.4, 0.5) is 5.82 Å². The van der Waals surface area contributed by atoms with Crippen molar-refractivity contribution in [2.45, 2.75) is 6.92 Å². The van der Waals surface area contributed by atoms with Gasteiger partial charge in [0.05, 0.1) is 0 Å². The number of aryl methyl sites for hydroxylation is 1. The van der Waals surface area contributed by atoms with Crippen LogP contribution in [0.5, 0.6) is 0 Å². The fourth-order valence-corrected chi connectivity index (χ4v) is 2.83. The van der Waals surface area contributed by atoms with E-state index in [9.17, 15) is 4.79 Å². The fourth-order valence-electron chi connectivity index (χ4n) is 2.83. The molecule has 126 valence electrons. The lowest BCUT2D eigenvalue weighted by atomic mass is 10.1. The van der Waals surface area contributed by atoms with Crippen molar-refractivity contribution in [2.24, 2.45) is 0 Å². The van der Waals surface area contributed by atoms with Gasteiger partial charge < -0.3 is 9.80 Å². The highest BCUT2D eigenvalue weighted by atomic mass is 16.2. The fraction of sp³-hybridized carbons (Fsp3) is 0.263. The normalized spacial score (nSPS) is 14.6. The summed E-state index contributed by atoms with van der Waals surface area (Å²) >= 11 is 0. The molecule has 1 fully saturated rings. The highest BCUT2D eigenvalue weighted by Gasteiger charge is 2.22. The quantitative estimate of drug-likeness (QED) is 0.804. The Balaban J connectivity index is 1.60. The Morgan fingerprint density at radius 1 is 1.20 bits per heavy atom. The topological polar surface area (TPSA) is 73.1 Å². The van der Waals surface area contributed by atoms with E-state index in [4.69, 9.17) is 5.26 Å². The van der Waals surface area contributed by atoms with E-state index in [1.165, 1.54) is 11.8 Å². The first kappa shape index (κ1) is 16.7. The molecule has 6 heteroatoms. The molecule has 0 saturated carbocycles. The van der Waals surface area contributed by atoms with Gasteiger partial charge in [0.25, 0.3) is 0 Å². The van der Waals surface area contributed by atoms with Crippen molar-refractivity contribution in [1.82, 2.24) is 14.9 Å². The zero-order valence-electron chi connectivity index (χ0n) is 14.1. The third kappa shape index (κ3) is 4.01. The lowest BCUT2D eigenvalue weighted by molar-refractivity contribution is -0.126. The number of carbonyl (C=O) groups is 1. The number of nitriles is 1. The van der Waals surface area contributed by atoms with Gasteiger partial charge in [0.15, 0.2) is 11.5 Å². The van der Waals surface area contributed by atoms with E-state index < -0.39 is 0 Å². The van der Waals surface area contributed by atoms with E-state index in [1.807, 2.05) is 47.1 Å². The molecule has 1 aromatic carbocycles. The number of rotatable bonds is 3. The van der Waals surface area contributed by atoms with Crippen LogP contribution < -0.4 is 4.90 Å². The molecule has 0 unspecified atom stereocenters. The van der Waals surface area contributed by atoms with Gasteiger partial charge in [-0.3, -0.25) is 4.79 Å². The van der Waals surface area contributed by atoms with Gasteiger partial charge in [-0.15, -0.1) is 0 Å². The molecule has 0 N–H and O–H groups in total. The van der Waals surface area contributed by atoms with Crippen LogP contribution in [0.3, 0.4) is 0 Å². The molecular formula is C19H19N5O. The largest absolute Gasteiger partial charge is 0.351 e. The van der Waals surface area contributed by atoms with Crippen LogP contribution in [-0.2, 0) is 4.79 Å². The second kappa shape index (κ2) is 7.58. The number of carbonyl (C=O) groups excluding carboxylic acids is 1. The predicted octanol–water partition coefficient (Wildman–Crippen LogP) is 2.02. The first-order valence-electron chi connectivity index (χ1n) is 8.17. The summed E-state index contributed by atoms with van der Waals surface area (Å²) in [5.74, 6) is 0.591. The average molecular weight is 333 g/mol. The molecule has 1 amide bonds. The maximum absolute atomic E-state index is 12.4. The minimum absolute atomic E-state index is 0.000749. The number of hydrogen-bond acceptors (Lipinski definition) is 5. The Bertz CT molecular complexity index is 832. The van der Waals surface area contributed by atoms with Crippen LogP contribution in [-0.4, -0.2) is 47.0 Å². The van der Waals surface area contributed by atoms with Gasteiger partial charge in [-0.25, -0.2) is 9.97 Å². The van der Waals surface area contributed by atoms with E-state index in [1.54, 1.807) is 12.3 Å². The summed E-state index contributed by atoms with van der Waals surface area (Å²) in [4.78, 5) is 24.5. The monoisotopic (exact) mass is 333 g/mol. The first-order chi connectivity index (χ1) is 12.2. The zero-order chi connectivity index (χ0) is 17.6. The lowest BCUT2D eigenvalue weighted by Gasteiger charge is -2.34. The second-order valence-corrected chi connectivity index (χ2v) is 5.90. The van der Waals surface area contributed by atoms with E-state index in [-0.39, 0.29) is 5.91 Å². The summed E-state index contributed by atoms with van der Waals surface area (Å²) in [6.07, 6.45) is 6.56. The summed E-state index contributed by atoms with van der Waals surface area (Å²) in [5.41, 5.74) is 2.51. The smallest absolute Gasteiger partial charge is 0.246 e. The number of amides is 1. The van der Waals surface area contributed by atoms with Crippen molar-refractivity contribution in [2.75, 3.05) is 31.1 Å². The van der Waals surface area contributed by atoms with Gasteiger partial charge in [0.2, 0.25) is 5.91 Å². The summed E-state index contributed by atoms with van der Waals surface area (Å²) in [6, 6.07) is 10.1. The maximum Gasteiger partial charge on any atom is 0.246 e. The van der Waals surface area contributed by atoms with Crippen LogP contribution in [0.1, 0.15) is 16.8 Å². The molecule has 1 saturated heterocycles. The number of nitrogens with zero attached hydrogens (tertiary/aromatic N) is 5. The molecular weight excluding hydrogens is 314 g/mol. The summed E-state index contributed by atoms with van der Waals surface area (Å²) in [7, 11) is 0. The Kier molecular flexibility index (Phi) is 5.05. The molecule has 1 aliphatic rings. The van der Waals surface area contributed by atoms with E-state index >= 15 is 0 Å². The molecule has 1 aromatic heterocycles. The molecule has 3 rings (SSSR count). The van der Waals surface area contributed by atoms with Crippen molar-refractivity contribution < 1.29 is 4.79 Å². The van der Waals surface area contributed by atoms with Crippen LogP contribution in [0.15, 0.2) is 42.7 Å². The van der Waals surface area contributed by atoms with Gasteiger partial charge >= 0.3 is 0 Å². The van der Waals surface area contributed by atoms with Gasteiger partial charge in [0.1, 0.15) is 6.07 Å². The van der Waals surface area contributed by atoms with Gasteiger partial charge in [-0.05, 0) is 18.6 Å². The number of aromatic nitrogens is 2. The molecule has 0 bridgehead atoms. The van der Waals surface area contributed by atoms with Crippen molar-refractivity contribution >= 4 is 17.8 Å². The molecule has 6 nitrogen and oxygen atoms in total. The lowest BCUT2D eigenvalue weighted by Crippen LogP contribution is -2.48. The number of benzene rings is 1. The Hall–Kier alpha value is -3.20. The summed E-state index contributed by atoms with van der Waals surface area (Å²) in [5, 5.41) is 9.13. The SMILES string of the molecule is Cc1cccc(/C=C/C(=O)N2CCN(c3nccnc3C#N)CC2)c1. The molecule has 25 heavy (non-hydrogen) atoms. The molecule has 0 spiro atoms. The maximum atomic E-state index is 12.4. The van der Waals surface area contributed by atoms with Crippen molar-refractivity contribution in [3.05, 3.63) is 59.6 Å². The second-order valence-electron chi connectivity index (χ2n) is 5.90. The standard InChI is InChI=1S/C19H19N5O/c1-15-3-2-4-16(13-15)5-6-18(25)23-9-11-24(12-10-23)19-17(14-20)21-7-8-22-19/h2-8,13H,9-12H2,1H3/b6-5+. The third-order valence-corrected chi connectivity index (χ3v) is 4.14. The molecule has 0 aliphatic carbocycles.